The van der Waals surface area contributed by atoms with Crippen LogP contribution in [0.5, 0.6) is 5.75 Å². The summed E-state index contributed by atoms with van der Waals surface area (Å²) in [5.74, 6) is -0.676. The van der Waals surface area contributed by atoms with Crippen molar-refractivity contribution in [1.29, 1.82) is 0 Å². The van der Waals surface area contributed by atoms with Gasteiger partial charge in [-0.2, -0.15) is 13.2 Å². The molecule has 0 fully saturated rings. The van der Waals surface area contributed by atoms with Crippen molar-refractivity contribution in [3.8, 4) is 5.75 Å². The molecule has 2 aromatic rings. The maximum atomic E-state index is 13.6. The minimum absolute atomic E-state index is 0.279. The fourth-order valence-corrected chi connectivity index (χ4v) is 1.73. The van der Waals surface area contributed by atoms with E-state index in [9.17, 15) is 17.6 Å². The van der Waals surface area contributed by atoms with Crippen molar-refractivity contribution in [3.63, 3.8) is 0 Å². The first kappa shape index (κ1) is 14.2. The van der Waals surface area contributed by atoms with Gasteiger partial charge in [-0.3, -0.25) is 0 Å². The summed E-state index contributed by atoms with van der Waals surface area (Å²) in [5.41, 5.74) is 4.37. The van der Waals surface area contributed by atoms with Crippen LogP contribution < -0.4 is 10.5 Å². The molecular formula is C14H11F4NO. The van der Waals surface area contributed by atoms with E-state index in [2.05, 4.69) is 0 Å². The molecule has 2 aromatic carbocycles. The number of nitrogen functional groups attached to an aromatic ring is 1. The highest BCUT2D eigenvalue weighted by molar-refractivity contribution is 5.43. The van der Waals surface area contributed by atoms with Crippen molar-refractivity contribution in [2.24, 2.45) is 0 Å². The lowest BCUT2D eigenvalue weighted by Crippen LogP contribution is -2.12. The lowest BCUT2D eigenvalue weighted by Gasteiger charge is -2.14. The van der Waals surface area contributed by atoms with Crippen LogP contribution >= 0.6 is 0 Å². The van der Waals surface area contributed by atoms with Crippen molar-refractivity contribution in [2.45, 2.75) is 12.8 Å². The normalized spacial score (nSPS) is 11.4. The van der Waals surface area contributed by atoms with Gasteiger partial charge in [0.05, 0.1) is 5.56 Å². The number of hydrogen-bond acceptors (Lipinski definition) is 2. The molecule has 6 heteroatoms. The molecule has 0 spiro atoms. The number of alkyl halides is 3. The molecule has 106 valence electrons. The van der Waals surface area contributed by atoms with E-state index in [-0.39, 0.29) is 5.75 Å². The predicted molar refractivity (Wildman–Crippen MR) is 66.6 cm³/mol. The Balaban J connectivity index is 2.25. The van der Waals surface area contributed by atoms with Crippen molar-refractivity contribution in [2.75, 3.05) is 5.73 Å². The number of halogens is 4. The molecule has 0 heterocycles. The first-order chi connectivity index (χ1) is 9.38. The predicted octanol–water partition coefficient (Wildman–Crippen LogP) is 4.01. The third-order valence-electron chi connectivity index (χ3n) is 2.67. The molecule has 20 heavy (non-hydrogen) atoms. The van der Waals surface area contributed by atoms with Crippen LogP contribution in [-0.4, -0.2) is 0 Å². The molecule has 0 unspecified atom stereocenters. The van der Waals surface area contributed by atoms with Crippen molar-refractivity contribution < 1.29 is 22.3 Å². The molecule has 2 nitrogen and oxygen atoms in total. The molecule has 2 rings (SSSR count). The Morgan fingerprint density at radius 1 is 1.05 bits per heavy atom. The van der Waals surface area contributed by atoms with Crippen molar-refractivity contribution >= 4 is 5.69 Å². The molecule has 0 aliphatic heterocycles. The molecule has 0 bridgehead atoms. The zero-order chi connectivity index (χ0) is 14.8. The van der Waals surface area contributed by atoms with Crippen LogP contribution in [0.4, 0.5) is 23.2 Å². The maximum absolute atomic E-state index is 13.6. The smallest absolute Gasteiger partial charge is 0.416 e. The molecule has 0 saturated carbocycles. The fourth-order valence-electron chi connectivity index (χ4n) is 1.73. The Labute approximate surface area is 112 Å². The molecule has 0 aromatic heterocycles. The van der Waals surface area contributed by atoms with E-state index in [4.69, 9.17) is 10.5 Å². The minimum Gasteiger partial charge on any atom is -0.489 e. The van der Waals surface area contributed by atoms with Gasteiger partial charge >= 0.3 is 6.18 Å². The van der Waals surface area contributed by atoms with Gasteiger partial charge in [0.2, 0.25) is 0 Å². The molecule has 0 saturated heterocycles. The highest BCUT2D eigenvalue weighted by Gasteiger charge is 2.34. The van der Waals surface area contributed by atoms with E-state index in [1.54, 1.807) is 12.1 Å². The standard InChI is InChI=1S/C14H11F4NO/c15-13-6-2-5-12(14(16,17)18)11(13)8-20-10-4-1-3-9(19)7-10/h1-7H,8,19H2. The van der Waals surface area contributed by atoms with E-state index in [0.717, 1.165) is 18.2 Å². The van der Waals surface area contributed by atoms with Gasteiger partial charge in [-0.25, -0.2) is 4.39 Å². The van der Waals surface area contributed by atoms with E-state index in [1.165, 1.54) is 12.1 Å². The summed E-state index contributed by atoms with van der Waals surface area (Å²) in [6.45, 7) is -0.523. The van der Waals surface area contributed by atoms with E-state index >= 15 is 0 Å². The lowest BCUT2D eigenvalue weighted by atomic mass is 10.1. The van der Waals surface area contributed by atoms with Gasteiger partial charge in [0, 0.05) is 17.3 Å². The molecule has 0 aliphatic rings. The lowest BCUT2D eigenvalue weighted by molar-refractivity contribution is -0.138. The van der Waals surface area contributed by atoms with Crippen LogP contribution in [0.1, 0.15) is 11.1 Å². The first-order valence-electron chi connectivity index (χ1n) is 5.71. The van der Waals surface area contributed by atoms with Gasteiger partial charge in [0.1, 0.15) is 18.2 Å². The van der Waals surface area contributed by atoms with E-state index < -0.39 is 29.7 Å². The van der Waals surface area contributed by atoms with Gasteiger partial charge in [-0.15, -0.1) is 0 Å². The van der Waals surface area contributed by atoms with Crippen molar-refractivity contribution in [3.05, 3.63) is 59.4 Å². The van der Waals surface area contributed by atoms with Crippen LogP contribution in [0.15, 0.2) is 42.5 Å². The summed E-state index contributed by atoms with van der Waals surface area (Å²) in [5, 5.41) is 0. The summed E-state index contributed by atoms with van der Waals surface area (Å²) in [6.07, 6.45) is -4.63. The molecule has 0 aliphatic carbocycles. The number of benzene rings is 2. The Morgan fingerprint density at radius 2 is 1.75 bits per heavy atom. The highest BCUT2D eigenvalue weighted by Crippen LogP contribution is 2.33. The largest absolute Gasteiger partial charge is 0.489 e. The summed E-state index contributed by atoms with van der Waals surface area (Å²) < 4.78 is 57.1. The monoisotopic (exact) mass is 285 g/mol. The summed E-state index contributed by atoms with van der Waals surface area (Å²) in [7, 11) is 0. The van der Waals surface area contributed by atoms with Gasteiger partial charge in [-0.05, 0) is 24.3 Å². The average Bonchev–Trinajstić information content (AvgIpc) is 2.36. The molecule has 0 atom stereocenters. The Kier molecular flexibility index (Phi) is 3.83. The van der Waals surface area contributed by atoms with Gasteiger partial charge in [0.25, 0.3) is 0 Å². The summed E-state index contributed by atoms with van der Waals surface area (Å²) in [4.78, 5) is 0. The summed E-state index contributed by atoms with van der Waals surface area (Å²) in [6, 6.07) is 8.99. The first-order valence-corrected chi connectivity index (χ1v) is 5.71. The number of anilines is 1. The second-order valence-electron chi connectivity index (χ2n) is 4.12. The van der Waals surface area contributed by atoms with E-state index in [1.807, 2.05) is 0 Å². The SMILES string of the molecule is Nc1cccc(OCc2c(F)cccc2C(F)(F)F)c1. The number of nitrogens with two attached hydrogens (primary N) is 1. The topological polar surface area (TPSA) is 35.2 Å². The van der Waals surface area contributed by atoms with Gasteiger partial charge in [0.15, 0.2) is 0 Å². The Bertz CT molecular complexity index is 610. The molecule has 0 amide bonds. The quantitative estimate of drug-likeness (QED) is 0.683. The zero-order valence-corrected chi connectivity index (χ0v) is 10.2. The Hall–Kier alpha value is -2.24. The number of rotatable bonds is 3. The van der Waals surface area contributed by atoms with E-state index in [0.29, 0.717) is 5.69 Å². The maximum Gasteiger partial charge on any atom is 0.416 e. The second-order valence-corrected chi connectivity index (χ2v) is 4.12. The van der Waals surface area contributed by atoms with Crippen LogP contribution in [0.25, 0.3) is 0 Å². The molecular weight excluding hydrogens is 274 g/mol. The summed E-state index contributed by atoms with van der Waals surface area (Å²) >= 11 is 0. The molecule has 0 radical (unpaired) electrons. The second kappa shape index (κ2) is 5.40. The molecule has 2 N–H and O–H groups in total. The minimum atomic E-state index is -4.63. The van der Waals surface area contributed by atoms with Crippen LogP contribution in [0, 0.1) is 5.82 Å². The van der Waals surface area contributed by atoms with Gasteiger partial charge in [-0.1, -0.05) is 12.1 Å². The average molecular weight is 285 g/mol. The van der Waals surface area contributed by atoms with Crippen LogP contribution in [0.2, 0.25) is 0 Å². The highest BCUT2D eigenvalue weighted by atomic mass is 19.4. The zero-order valence-electron chi connectivity index (χ0n) is 10.2. The number of ether oxygens (including phenoxy) is 1. The van der Waals surface area contributed by atoms with Gasteiger partial charge < -0.3 is 10.5 Å². The fraction of sp³-hybridized carbons (Fsp3) is 0.143. The third-order valence-corrected chi connectivity index (χ3v) is 2.67. The Morgan fingerprint density at radius 3 is 2.40 bits per heavy atom. The van der Waals surface area contributed by atoms with Crippen LogP contribution in [-0.2, 0) is 12.8 Å². The third kappa shape index (κ3) is 3.20. The number of hydrogen-bond donors (Lipinski definition) is 1. The van der Waals surface area contributed by atoms with Crippen molar-refractivity contribution in [1.82, 2.24) is 0 Å². The van der Waals surface area contributed by atoms with Crippen LogP contribution in [0.3, 0.4) is 0 Å².